The highest BCUT2D eigenvalue weighted by molar-refractivity contribution is 5.76. The quantitative estimate of drug-likeness (QED) is 0.501. The van der Waals surface area contributed by atoms with Gasteiger partial charge in [-0.25, -0.2) is 0 Å². The minimum atomic E-state index is -0.0491. The van der Waals surface area contributed by atoms with E-state index in [1.807, 2.05) is 6.92 Å². The Morgan fingerprint density at radius 2 is 1.90 bits per heavy atom. The minimum Gasteiger partial charge on any atom is -0.508 e. The highest BCUT2D eigenvalue weighted by atomic mass is 16.5. The Labute approximate surface area is 122 Å². The molecule has 20 heavy (non-hydrogen) atoms. The predicted octanol–water partition coefficient (Wildman–Crippen LogP) is 4.64. The average Bonchev–Trinajstić information content (AvgIpc) is 2.46. The minimum absolute atomic E-state index is 0.0491. The molecule has 1 unspecified atom stereocenters. The molecule has 1 aromatic carbocycles. The smallest absolute Gasteiger partial charge is 0.150 e. The van der Waals surface area contributed by atoms with Crippen LogP contribution in [-0.4, -0.2) is 18.0 Å². The van der Waals surface area contributed by atoms with Crippen LogP contribution in [0.1, 0.15) is 74.4 Å². The van der Waals surface area contributed by atoms with Crippen molar-refractivity contribution >= 4 is 6.29 Å². The summed E-state index contributed by atoms with van der Waals surface area (Å²) in [5.41, 5.74) is 1.37. The molecule has 0 aliphatic rings. The van der Waals surface area contributed by atoms with Gasteiger partial charge >= 0.3 is 0 Å². The monoisotopic (exact) mass is 278 g/mol. The standard InChI is InChI=1S/C17H26O3/c1-3-5-6-7-8-9-20-17(4-2)15-10-14(13-18)11-16(19)12-15/h10-13,17,19H,3-9H2,1-2H3. The molecule has 3 heteroatoms. The SMILES string of the molecule is CCCCCCCOC(CC)c1cc(O)cc(C=O)c1. The number of carbonyl (C=O) groups is 1. The molecule has 0 saturated carbocycles. The molecule has 1 atom stereocenters. The van der Waals surface area contributed by atoms with Crippen LogP contribution in [0.25, 0.3) is 0 Å². The fraction of sp³-hybridized carbons (Fsp3) is 0.588. The second kappa shape index (κ2) is 9.54. The van der Waals surface area contributed by atoms with Crippen LogP contribution in [0.5, 0.6) is 5.75 Å². The van der Waals surface area contributed by atoms with Crippen molar-refractivity contribution in [2.45, 2.75) is 58.5 Å². The zero-order valence-corrected chi connectivity index (χ0v) is 12.6. The van der Waals surface area contributed by atoms with E-state index in [1.165, 1.54) is 31.7 Å². The number of carbonyl (C=O) groups excluding carboxylic acids is 1. The number of benzene rings is 1. The zero-order valence-electron chi connectivity index (χ0n) is 12.6. The topological polar surface area (TPSA) is 46.5 Å². The first-order chi connectivity index (χ1) is 9.71. The number of hydrogen-bond acceptors (Lipinski definition) is 3. The molecular weight excluding hydrogens is 252 g/mol. The van der Waals surface area contributed by atoms with E-state index in [4.69, 9.17) is 4.74 Å². The molecule has 1 N–H and O–H groups in total. The maximum atomic E-state index is 10.8. The number of aromatic hydroxyl groups is 1. The maximum Gasteiger partial charge on any atom is 0.150 e. The Bertz CT molecular complexity index is 401. The van der Waals surface area contributed by atoms with Crippen molar-refractivity contribution in [3.05, 3.63) is 29.3 Å². The molecule has 0 aliphatic heterocycles. The Morgan fingerprint density at radius 1 is 1.15 bits per heavy atom. The van der Waals surface area contributed by atoms with E-state index in [1.54, 1.807) is 12.1 Å². The summed E-state index contributed by atoms with van der Waals surface area (Å²) in [5, 5.41) is 9.62. The van der Waals surface area contributed by atoms with Crippen LogP contribution in [0.2, 0.25) is 0 Å². The summed E-state index contributed by atoms with van der Waals surface area (Å²) in [7, 11) is 0. The lowest BCUT2D eigenvalue weighted by Gasteiger charge is -2.17. The lowest BCUT2D eigenvalue weighted by molar-refractivity contribution is 0.0471. The van der Waals surface area contributed by atoms with Crippen molar-refractivity contribution in [1.29, 1.82) is 0 Å². The Morgan fingerprint density at radius 3 is 2.55 bits per heavy atom. The summed E-state index contributed by atoms with van der Waals surface area (Å²) in [5.74, 6) is 0.120. The van der Waals surface area contributed by atoms with Crippen molar-refractivity contribution in [2.24, 2.45) is 0 Å². The van der Waals surface area contributed by atoms with E-state index in [0.29, 0.717) is 5.56 Å². The van der Waals surface area contributed by atoms with Crippen molar-refractivity contribution < 1.29 is 14.6 Å². The second-order valence-electron chi connectivity index (χ2n) is 5.16. The van der Waals surface area contributed by atoms with Gasteiger partial charge < -0.3 is 9.84 Å². The van der Waals surface area contributed by atoms with E-state index in [9.17, 15) is 9.90 Å². The van der Waals surface area contributed by atoms with E-state index >= 15 is 0 Å². The third-order valence-corrected chi connectivity index (χ3v) is 3.41. The first kappa shape index (κ1) is 16.7. The molecule has 0 saturated heterocycles. The van der Waals surface area contributed by atoms with Crippen molar-refractivity contribution in [2.75, 3.05) is 6.61 Å². The molecular formula is C17H26O3. The third-order valence-electron chi connectivity index (χ3n) is 3.41. The van der Waals surface area contributed by atoms with Crippen LogP contribution in [0.3, 0.4) is 0 Å². The summed E-state index contributed by atoms with van der Waals surface area (Å²) in [6.45, 7) is 4.98. The van der Waals surface area contributed by atoms with Gasteiger partial charge in [0, 0.05) is 12.2 Å². The second-order valence-corrected chi connectivity index (χ2v) is 5.16. The van der Waals surface area contributed by atoms with Gasteiger partial charge in [-0.15, -0.1) is 0 Å². The molecule has 0 radical (unpaired) electrons. The normalized spacial score (nSPS) is 12.3. The maximum absolute atomic E-state index is 10.8. The van der Waals surface area contributed by atoms with Crippen LogP contribution < -0.4 is 0 Å². The van der Waals surface area contributed by atoms with Crippen LogP contribution >= 0.6 is 0 Å². The van der Waals surface area contributed by atoms with Gasteiger partial charge in [0.25, 0.3) is 0 Å². The summed E-state index contributed by atoms with van der Waals surface area (Å²) in [6, 6.07) is 4.93. The highest BCUT2D eigenvalue weighted by Gasteiger charge is 2.11. The van der Waals surface area contributed by atoms with Gasteiger partial charge in [0.1, 0.15) is 12.0 Å². The van der Waals surface area contributed by atoms with Crippen molar-refractivity contribution in [3.8, 4) is 5.75 Å². The number of hydrogen-bond donors (Lipinski definition) is 1. The Balaban J connectivity index is 2.49. The van der Waals surface area contributed by atoms with Gasteiger partial charge in [0.15, 0.2) is 0 Å². The molecule has 0 bridgehead atoms. The average molecular weight is 278 g/mol. The third kappa shape index (κ3) is 5.74. The van der Waals surface area contributed by atoms with Crippen molar-refractivity contribution in [1.82, 2.24) is 0 Å². The first-order valence-electron chi connectivity index (χ1n) is 7.62. The Kier molecular flexibility index (Phi) is 7.97. The molecule has 1 rings (SSSR count). The number of ether oxygens (including phenoxy) is 1. The van der Waals surface area contributed by atoms with Crippen LogP contribution in [-0.2, 0) is 4.74 Å². The fourth-order valence-electron chi connectivity index (χ4n) is 2.29. The summed E-state index contributed by atoms with van der Waals surface area (Å²) < 4.78 is 5.89. The van der Waals surface area contributed by atoms with E-state index in [-0.39, 0.29) is 11.9 Å². The van der Waals surface area contributed by atoms with Crippen molar-refractivity contribution in [3.63, 3.8) is 0 Å². The van der Waals surface area contributed by atoms with Gasteiger partial charge in [-0.2, -0.15) is 0 Å². The number of aldehydes is 1. The zero-order chi connectivity index (χ0) is 14.8. The lowest BCUT2D eigenvalue weighted by Crippen LogP contribution is -2.05. The van der Waals surface area contributed by atoms with E-state index in [0.717, 1.165) is 31.3 Å². The lowest BCUT2D eigenvalue weighted by atomic mass is 10.0. The molecule has 0 amide bonds. The molecule has 1 aromatic rings. The van der Waals surface area contributed by atoms with Gasteiger partial charge in [-0.05, 0) is 36.6 Å². The molecule has 3 nitrogen and oxygen atoms in total. The van der Waals surface area contributed by atoms with Crippen LogP contribution in [0, 0.1) is 0 Å². The number of phenols is 1. The molecule has 0 aromatic heterocycles. The summed E-state index contributed by atoms with van der Waals surface area (Å²) >= 11 is 0. The summed E-state index contributed by atoms with van der Waals surface area (Å²) in [6.07, 6.45) is 7.59. The fourth-order valence-corrected chi connectivity index (χ4v) is 2.29. The van der Waals surface area contributed by atoms with E-state index in [2.05, 4.69) is 6.92 Å². The number of unbranched alkanes of at least 4 members (excludes halogenated alkanes) is 4. The Hall–Kier alpha value is -1.35. The highest BCUT2D eigenvalue weighted by Crippen LogP contribution is 2.26. The van der Waals surface area contributed by atoms with Gasteiger partial charge in [0.05, 0.1) is 6.10 Å². The largest absolute Gasteiger partial charge is 0.508 e. The molecule has 0 aliphatic carbocycles. The first-order valence-corrected chi connectivity index (χ1v) is 7.62. The molecule has 112 valence electrons. The van der Waals surface area contributed by atoms with Gasteiger partial charge in [0.2, 0.25) is 0 Å². The van der Waals surface area contributed by atoms with E-state index < -0.39 is 0 Å². The molecule has 0 fully saturated rings. The molecule has 0 heterocycles. The van der Waals surface area contributed by atoms with Crippen LogP contribution in [0.15, 0.2) is 18.2 Å². The molecule has 0 spiro atoms. The van der Waals surface area contributed by atoms with Gasteiger partial charge in [-0.1, -0.05) is 39.5 Å². The predicted molar refractivity (Wildman–Crippen MR) is 81.2 cm³/mol. The van der Waals surface area contributed by atoms with Gasteiger partial charge in [-0.3, -0.25) is 4.79 Å². The number of phenolic OH excluding ortho intramolecular Hbond substituents is 1. The number of rotatable bonds is 10. The van der Waals surface area contributed by atoms with Crippen LogP contribution in [0.4, 0.5) is 0 Å². The summed E-state index contributed by atoms with van der Waals surface area (Å²) in [4.78, 5) is 10.8.